The monoisotopic (exact) mass is 406 g/mol. The highest BCUT2D eigenvalue weighted by molar-refractivity contribution is 6.42. The van der Waals surface area contributed by atoms with E-state index in [2.05, 4.69) is 6.07 Å². The number of rotatable bonds is 9. The molecule has 2 aromatic carbocycles. The first-order valence-corrected chi connectivity index (χ1v) is 9.09. The number of hydrogen-bond acceptors (Lipinski definition) is 4. The number of likely N-dealkylation sites (N-methyl/N-ethyl adjacent to an activating group) is 1. The molecule has 2 rings (SSSR count). The van der Waals surface area contributed by atoms with Crippen LogP contribution in [-0.4, -0.2) is 35.6 Å². The summed E-state index contributed by atoms with van der Waals surface area (Å²) in [4.78, 5) is 12.6. The lowest BCUT2D eigenvalue weighted by Gasteiger charge is -2.24. The topological polar surface area (TPSA) is 73.6 Å². The molecule has 142 valence electrons. The Morgan fingerprint density at radius 2 is 1.85 bits per heavy atom. The molecule has 0 heterocycles. The molecule has 7 heteroatoms. The maximum atomic E-state index is 10.9. The van der Waals surface area contributed by atoms with Crippen molar-refractivity contribution >= 4 is 29.2 Å². The molecule has 1 atom stereocenters. The van der Waals surface area contributed by atoms with E-state index in [-0.39, 0.29) is 19.0 Å². The number of ether oxygens (including phenoxy) is 1. The molecule has 0 radical (unpaired) electrons. The first kappa shape index (κ1) is 21.0. The normalized spacial score (nSPS) is 11.8. The van der Waals surface area contributed by atoms with Crippen LogP contribution in [0.25, 0.3) is 0 Å². The SMILES string of the molecule is CN(CC(=O)O)C(CC#N)Cc1ccc(OCc2ccc(Cl)c(Cl)c2)cc1. The Hall–Kier alpha value is -2.26. The summed E-state index contributed by atoms with van der Waals surface area (Å²) in [6.07, 6.45) is 0.851. The predicted octanol–water partition coefficient (Wildman–Crippen LogP) is 4.41. The van der Waals surface area contributed by atoms with Gasteiger partial charge in [0.15, 0.2) is 0 Å². The molecule has 0 aliphatic rings. The average molecular weight is 407 g/mol. The molecule has 0 saturated carbocycles. The molecule has 1 N–H and O–H groups in total. The molecule has 5 nitrogen and oxygen atoms in total. The summed E-state index contributed by atoms with van der Waals surface area (Å²) in [5.41, 5.74) is 1.92. The maximum Gasteiger partial charge on any atom is 0.317 e. The Morgan fingerprint density at radius 3 is 2.44 bits per heavy atom. The quantitative estimate of drug-likeness (QED) is 0.667. The standard InChI is InChI=1S/C20H20Cl2N2O3/c1-24(12-20(25)26)16(8-9-23)10-14-2-5-17(6-3-14)27-13-15-4-7-18(21)19(22)11-15/h2-7,11,16H,8,10,12-13H2,1H3,(H,25,26). The minimum absolute atomic E-state index is 0.100. The molecule has 2 aromatic rings. The van der Waals surface area contributed by atoms with Gasteiger partial charge in [-0.15, -0.1) is 0 Å². The van der Waals surface area contributed by atoms with Crippen LogP contribution < -0.4 is 4.74 Å². The van der Waals surface area contributed by atoms with E-state index in [0.717, 1.165) is 11.1 Å². The molecule has 27 heavy (non-hydrogen) atoms. The van der Waals surface area contributed by atoms with Gasteiger partial charge in [-0.2, -0.15) is 5.26 Å². The Balaban J connectivity index is 1.95. The van der Waals surface area contributed by atoms with Crippen molar-refractivity contribution in [2.75, 3.05) is 13.6 Å². The van der Waals surface area contributed by atoms with E-state index in [1.807, 2.05) is 30.3 Å². The molecule has 0 fully saturated rings. The highest BCUT2D eigenvalue weighted by atomic mass is 35.5. The van der Waals surface area contributed by atoms with Crippen molar-refractivity contribution < 1.29 is 14.6 Å². The second kappa shape index (κ2) is 10.2. The Morgan fingerprint density at radius 1 is 1.19 bits per heavy atom. The van der Waals surface area contributed by atoms with Gasteiger partial charge in [-0.3, -0.25) is 9.69 Å². The van der Waals surface area contributed by atoms with Crippen LogP contribution in [0.3, 0.4) is 0 Å². The smallest absolute Gasteiger partial charge is 0.317 e. The molecule has 0 bridgehead atoms. The number of hydrogen-bond donors (Lipinski definition) is 1. The van der Waals surface area contributed by atoms with Crippen molar-refractivity contribution in [3.8, 4) is 11.8 Å². The molecule has 0 aliphatic heterocycles. The summed E-state index contributed by atoms with van der Waals surface area (Å²) >= 11 is 11.9. The van der Waals surface area contributed by atoms with Crippen LogP contribution in [0.1, 0.15) is 17.5 Å². The number of nitriles is 1. The fourth-order valence-corrected chi connectivity index (χ4v) is 2.94. The summed E-state index contributed by atoms with van der Waals surface area (Å²) in [6, 6.07) is 14.9. The van der Waals surface area contributed by atoms with Crippen LogP contribution in [0, 0.1) is 11.3 Å². The lowest BCUT2D eigenvalue weighted by Crippen LogP contribution is -2.37. The number of aliphatic carboxylic acids is 1. The second-order valence-corrected chi connectivity index (χ2v) is 7.02. The first-order chi connectivity index (χ1) is 12.9. The van der Waals surface area contributed by atoms with Gasteiger partial charge in [-0.25, -0.2) is 0 Å². The van der Waals surface area contributed by atoms with Crippen molar-refractivity contribution in [1.82, 2.24) is 4.90 Å². The molecule has 0 saturated heterocycles. The Kier molecular flexibility index (Phi) is 7.93. The zero-order valence-electron chi connectivity index (χ0n) is 14.9. The number of carboxylic acid groups (broad SMARTS) is 1. The average Bonchev–Trinajstić information content (AvgIpc) is 2.63. The summed E-state index contributed by atoms with van der Waals surface area (Å²) in [5.74, 6) is -0.202. The number of nitrogens with zero attached hydrogens (tertiary/aromatic N) is 2. The molecule has 0 aromatic heterocycles. The van der Waals surface area contributed by atoms with Crippen LogP contribution in [-0.2, 0) is 17.8 Å². The summed E-state index contributed by atoms with van der Waals surface area (Å²) in [5, 5.41) is 18.9. The fraction of sp³-hybridized carbons (Fsp3) is 0.300. The van der Waals surface area contributed by atoms with Crippen molar-refractivity contribution in [3.05, 3.63) is 63.6 Å². The van der Waals surface area contributed by atoms with Crippen LogP contribution in [0.4, 0.5) is 0 Å². The minimum atomic E-state index is -0.911. The molecule has 0 spiro atoms. The number of benzene rings is 2. The van der Waals surface area contributed by atoms with Crippen LogP contribution in [0.15, 0.2) is 42.5 Å². The Labute approximate surface area is 168 Å². The lowest BCUT2D eigenvalue weighted by atomic mass is 10.0. The molecular formula is C20H20Cl2N2O3. The van der Waals surface area contributed by atoms with Gasteiger partial charge in [0.1, 0.15) is 12.4 Å². The van der Waals surface area contributed by atoms with E-state index in [1.165, 1.54) is 0 Å². The molecule has 0 aliphatic carbocycles. The van der Waals surface area contributed by atoms with Crippen molar-refractivity contribution in [2.45, 2.75) is 25.5 Å². The third kappa shape index (κ3) is 6.76. The zero-order chi connectivity index (χ0) is 19.8. The number of carboxylic acids is 1. The third-order valence-corrected chi connectivity index (χ3v) is 4.86. The van der Waals surface area contributed by atoms with Crippen molar-refractivity contribution in [1.29, 1.82) is 5.26 Å². The van der Waals surface area contributed by atoms with Gasteiger partial charge in [-0.1, -0.05) is 41.4 Å². The van der Waals surface area contributed by atoms with Gasteiger partial charge in [-0.05, 0) is 48.9 Å². The van der Waals surface area contributed by atoms with E-state index < -0.39 is 5.97 Å². The van der Waals surface area contributed by atoms with Crippen molar-refractivity contribution in [2.24, 2.45) is 0 Å². The van der Waals surface area contributed by atoms with Gasteiger partial charge in [0.2, 0.25) is 0 Å². The summed E-state index contributed by atoms with van der Waals surface area (Å²) in [6.45, 7) is 0.270. The second-order valence-electron chi connectivity index (χ2n) is 6.21. The van der Waals surface area contributed by atoms with Gasteiger partial charge in [0.25, 0.3) is 0 Å². The van der Waals surface area contributed by atoms with E-state index >= 15 is 0 Å². The lowest BCUT2D eigenvalue weighted by molar-refractivity contribution is -0.138. The first-order valence-electron chi connectivity index (χ1n) is 8.33. The van der Waals surface area contributed by atoms with Crippen molar-refractivity contribution in [3.63, 3.8) is 0 Å². The largest absolute Gasteiger partial charge is 0.489 e. The molecule has 1 unspecified atom stereocenters. The predicted molar refractivity (Wildman–Crippen MR) is 105 cm³/mol. The highest BCUT2D eigenvalue weighted by Crippen LogP contribution is 2.23. The summed E-state index contributed by atoms with van der Waals surface area (Å²) in [7, 11) is 1.71. The van der Waals surface area contributed by atoms with E-state index in [4.69, 9.17) is 38.3 Å². The number of halogens is 2. The van der Waals surface area contributed by atoms with Gasteiger partial charge in [0, 0.05) is 6.04 Å². The molecular weight excluding hydrogens is 387 g/mol. The molecule has 0 amide bonds. The zero-order valence-corrected chi connectivity index (χ0v) is 16.4. The Bertz CT molecular complexity index is 819. The van der Waals surface area contributed by atoms with Gasteiger partial charge in [0.05, 0.1) is 29.1 Å². The van der Waals surface area contributed by atoms with E-state index in [0.29, 0.717) is 28.8 Å². The highest BCUT2D eigenvalue weighted by Gasteiger charge is 2.17. The fourth-order valence-electron chi connectivity index (χ4n) is 2.62. The van der Waals surface area contributed by atoms with Crippen LogP contribution >= 0.6 is 23.2 Å². The number of carbonyl (C=O) groups is 1. The minimum Gasteiger partial charge on any atom is -0.489 e. The van der Waals surface area contributed by atoms with E-state index in [9.17, 15) is 4.79 Å². The maximum absolute atomic E-state index is 10.9. The van der Waals surface area contributed by atoms with Crippen LogP contribution in [0.5, 0.6) is 5.75 Å². The van der Waals surface area contributed by atoms with Crippen LogP contribution in [0.2, 0.25) is 10.0 Å². The third-order valence-electron chi connectivity index (χ3n) is 4.12. The van der Waals surface area contributed by atoms with Gasteiger partial charge < -0.3 is 9.84 Å². The van der Waals surface area contributed by atoms with Gasteiger partial charge >= 0.3 is 5.97 Å². The summed E-state index contributed by atoms with van der Waals surface area (Å²) < 4.78 is 5.75. The van der Waals surface area contributed by atoms with E-state index in [1.54, 1.807) is 24.1 Å².